The van der Waals surface area contributed by atoms with Gasteiger partial charge in [0.25, 0.3) is 22.2 Å². The molecule has 0 bridgehead atoms. The van der Waals surface area contributed by atoms with Crippen LogP contribution in [-0.2, 0) is 13.1 Å². The Bertz CT molecular complexity index is 4270. The Morgan fingerprint density at radius 1 is 0.209 bits per heavy atom. The molecule has 0 aliphatic rings. The molecule has 2 aromatic heterocycles. The smallest absolute Gasteiger partial charge is 0.261 e. The van der Waals surface area contributed by atoms with Crippen LogP contribution in [0.25, 0.3) is 108 Å². The third kappa shape index (κ3) is 20.1. The summed E-state index contributed by atoms with van der Waals surface area (Å²) in [6.45, 7) is 21.0. The topological polar surface area (TPSA) is 115 Å². The first-order chi connectivity index (χ1) is 54.1. The lowest BCUT2D eigenvalue weighted by atomic mass is 9.77. The molecule has 10 nitrogen and oxygen atoms in total. The van der Waals surface area contributed by atoms with Crippen molar-refractivity contribution < 1.29 is 18.9 Å². The molecule has 0 saturated heterocycles. The van der Waals surface area contributed by atoms with E-state index in [9.17, 15) is 0 Å². The zero-order chi connectivity index (χ0) is 77.1. The molecule has 0 spiro atoms. The summed E-state index contributed by atoms with van der Waals surface area (Å²) >= 11 is 0. The van der Waals surface area contributed by atoms with Gasteiger partial charge in [-0.25, -0.2) is 0 Å². The molecule has 10 heteroatoms. The highest BCUT2D eigenvalue weighted by Crippen LogP contribution is 2.57. The van der Waals surface area contributed by atoms with Crippen LogP contribution in [0.1, 0.15) is 364 Å². The number of rotatable bonds is 60. The fraction of sp³-hybridized carbons (Fsp3) is 0.640. The van der Waals surface area contributed by atoms with Gasteiger partial charge in [0.1, 0.15) is 0 Å². The van der Waals surface area contributed by atoms with E-state index in [0.717, 1.165) is 242 Å². The Hall–Kier alpha value is -6.68. The van der Waals surface area contributed by atoms with Crippen molar-refractivity contribution in [2.75, 3.05) is 26.4 Å². The maximum absolute atomic E-state index is 16.4. The predicted molar refractivity (Wildman–Crippen MR) is 474 cm³/mol. The first-order valence-corrected chi connectivity index (χ1v) is 46.0. The average Bonchev–Trinajstić information content (AvgIpc) is 0.654. The van der Waals surface area contributed by atoms with E-state index < -0.39 is 0 Å². The van der Waals surface area contributed by atoms with Gasteiger partial charge >= 0.3 is 0 Å². The van der Waals surface area contributed by atoms with E-state index in [0.29, 0.717) is 94.8 Å². The quantitative estimate of drug-likeness (QED) is 0.0210. The van der Waals surface area contributed by atoms with Crippen molar-refractivity contribution in [1.29, 1.82) is 0 Å². The zero-order valence-corrected chi connectivity index (χ0v) is 70.1. The number of hydrogen-bond donors (Lipinski definition) is 0. The van der Waals surface area contributed by atoms with Gasteiger partial charge < -0.3 is 18.9 Å². The second-order valence-corrected chi connectivity index (χ2v) is 34.0. The van der Waals surface area contributed by atoms with Gasteiger partial charge in [-0.2, -0.15) is 0 Å². The van der Waals surface area contributed by atoms with E-state index >= 15 is 19.2 Å². The van der Waals surface area contributed by atoms with Crippen molar-refractivity contribution >= 4 is 108 Å². The second-order valence-electron chi connectivity index (χ2n) is 34.0. The van der Waals surface area contributed by atoms with Crippen molar-refractivity contribution in [3.63, 3.8) is 0 Å². The Balaban J connectivity index is 1.25. The summed E-state index contributed by atoms with van der Waals surface area (Å²) in [7, 11) is 0. The minimum atomic E-state index is -0.237. The molecule has 11 rings (SSSR count). The molecule has 0 amide bonds. The molecule has 0 aliphatic carbocycles. The van der Waals surface area contributed by atoms with E-state index in [-0.39, 0.29) is 34.1 Å². The number of nitrogens with zero attached hydrogens (tertiary/aromatic N) is 2. The molecule has 0 radical (unpaired) electrons. The van der Waals surface area contributed by atoms with Gasteiger partial charge in [-0.05, 0) is 176 Å². The number of hydrogen-bond acceptors (Lipinski definition) is 8. The Morgan fingerprint density at radius 3 is 0.618 bits per heavy atom. The summed E-state index contributed by atoms with van der Waals surface area (Å²) in [4.78, 5) is 65.7. The fourth-order valence-corrected chi connectivity index (χ4v) is 19.0. The van der Waals surface area contributed by atoms with Crippen LogP contribution in [-0.4, -0.2) is 35.6 Å². The highest BCUT2D eigenvalue weighted by Gasteiger charge is 2.33. The lowest BCUT2D eigenvalue weighted by Gasteiger charge is -2.27. The van der Waals surface area contributed by atoms with Crippen LogP contribution < -0.4 is 41.2 Å². The zero-order valence-electron chi connectivity index (χ0n) is 70.1. The van der Waals surface area contributed by atoms with Crippen molar-refractivity contribution in [1.82, 2.24) is 9.13 Å². The third-order valence-electron chi connectivity index (χ3n) is 25.3. The number of benzene rings is 9. The number of unbranched alkanes of at least 4 members (excludes halogenated alkanes) is 36. The van der Waals surface area contributed by atoms with Gasteiger partial charge in [0.15, 0.2) is 23.0 Å². The van der Waals surface area contributed by atoms with Gasteiger partial charge in [0, 0.05) is 56.2 Å². The molecule has 0 saturated carbocycles. The number of ether oxygens (including phenoxy) is 4. The van der Waals surface area contributed by atoms with E-state index in [1.807, 2.05) is 0 Å². The number of aromatic nitrogens is 2. The van der Waals surface area contributed by atoms with E-state index in [1.165, 1.54) is 141 Å². The number of pyridine rings is 2. The van der Waals surface area contributed by atoms with Gasteiger partial charge in [-0.1, -0.05) is 312 Å². The molecule has 0 aliphatic heterocycles. The molecular weight excluding hydrogens is 1360 g/mol. The third-order valence-corrected chi connectivity index (χ3v) is 25.3. The molecule has 9 aromatic carbocycles. The lowest BCUT2D eigenvalue weighted by molar-refractivity contribution is 0.259. The van der Waals surface area contributed by atoms with Gasteiger partial charge in [0.2, 0.25) is 0 Å². The maximum atomic E-state index is 16.4. The Kier molecular flexibility index (Phi) is 33.3. The van der Waals surface area contributed by atoms with E-state index in [1.54, 1.807) is 9.13 Å². The van der Waals surface area contributed by atoms with Crippen LogP contribution in [0.4, 0.5) is 0 Å². The molecule has 600 valence electrons. The molecule has 2 unspecified atom stereocenters. The van der Waals surface area contributed by atoms with Crippen LogP contribution in [0, 0.1) is 11.8 Å². The number of fused-ring (bicyclic) bond motifs is 6. The highest BCUT2D eigenvalue weighted by atomic mass is 16.5. The van der Waals surface area contributed by atoms with Crippen LogP contribution in [0.3, 0.4) is 0 Å². The van der Waals surface area contributed by atoms with Crippen molar-refractivity contribution in [3.8, 4) is 23.0 Å². The molecule has 11 aromatic rings. The Labute approximate surface area is 659 Å². The largest absolute Gasteiger partial charge is 0.490 e. The van der Waals surface area contributed by atoms with Crippen molar-refractivity contribution in [2.24, 2.45) is 11.8 Å². The minimum Gasteiger partial charge on any atom is -0.490 e. The summed E-state index contributed by atoms with van der Waals surface area (Å²) in [5.41, 5.74) is -0.948. The summed E-state index contributed by atoms with van der Waals surface area (Å²) in [6, 6.07) is 17.3. The fourth-order valence-electron chi connectivity index (χ4n) is 19.0. The monoisotopic (exact) mass is 1500 g/mol. The summed E-state index contributed by atoms with van der Waals surface area (Å²) in [5.74, 6) is 3.03. The molecule has 2 atom stereocenters. The van der Waals surface area contributed by atoms with Gasteiger partial charge in [0.05, 0.1) is 26.4 Å². The lowest BCUT2D eigenvalue weighted by Crippen LogP contribution is -2.36. The Morgan fingerprint density at radius 2 is 0.400 bits per heavy atom. The highest BCUT2D eigenvalue weighted by molar-refractivity contribution is 6.54. The molecule has 110 heavy (non-hydrogen) atoms. The first-order valence-electron chi connectivity index (χ1n) is 46.0. The van der Waals surface area contributed by atoms with Crippen molar-refractivity contribution in [2.45, 2.75) is 377 Å². The molecule has 2 heterocycles. The normalized spacial score (nSPS) is 12.9. The van der Waals surface area contributed by atoms with Gasteiger partial charge in [-0.15, -0.1) is 0 Å². The van der Waals surface area contributed by atoms with Crippen LogP contribution >= 0.6 is 0 Å². The average molecular weight is 1500 g/mol. The van der Waals surface area contributed by atoms with E-state index in [4.69, 9.17) is 18.9 Å². The van der Waals surface area contributed by atoms with Crippen LogP contribution in [0.5, 0.6) is 23.0 Å². The second kappa shape index (κ2) is 43.5. The SMILES string of the molecule is CCCCCCCCOc1cc2c(cc1OCCCCCCCC)c1cc3c(=O)n(CC(CCCCCC)CCCCCCCC)c(=O)c4cc5c6cc(OCCCCCCCC)c(OCCCCCCCC)cc6c6cc7c(=O)n(CC(CCCCCC)CCCCCCCC)c(=O)c8cc2c2c1c(c34)c5c6c2c87. The summed E-state index contributed by atoms with van der Waals surface area (Å²) < 4.78 is 31.6. The molecule has 0 N–H and O–H groups in total. The summed E-state index contributed by atoms with van der Waals surface area (Å²) in [6.07, 6.45) is 54.3. The predicted octanol–water partition coefficient (Wildman–Crippen LogP) is 29.1. The molecular formula is C100H142N2O8. The van der Waals surface area contributed by atoms with Gasteiger partial charge in [-0.3, -0.25) is 28.3 Å². The molecule has 0 fully saturated rings. The van der Waals surface area contributed by atoms with Crippen LogP contribution in [0.15, 0.2) is 67.7 Å². The van der Waals surface area contributed by atoms with Crippen LogP contribution in [0.2, 0.25) is 0 Å². The minimum absolute atomic E-state index is 0.163. The first kappa shape index (κ1) is 84.2. The van der Waals surface area contributed by atoms with E-state index in [2.05, 4.69) is 104 Å². The summed E-state index contributed by atoms with van der Waals surface area (Å²) in [5, 5.41) is 16.3. The van der Waals surface area contributed by atoms with Crippen molar-refractivity contribution in [3.05, 3.63) is 89.9 Å². The maximum Gasteiger partial charge on any atom is 0.261 e. The standard InChI is InChI=1S/C100H142N2O8/c1-9-17-25-33-39-47-55-71(53-45-31-23-15-7)69-101-97(103)81-61-77-73-65-85(107-57-49-41-35-27-19-11-3)87(109-59-51-43-37-29-21-13-5)67-75(73)79-63-83-90-84(100(106)102(99(83)105)70-72(54-46-32-24-16-8)56-48-40-34-26-18-10-2)64-80-76-68-88(110-60-52-44-38-30-22-14-6)86(108-58-50-42-36-28-20-12-4)66-74(76)78-62-82(98(101)104)89(81)95-91(77)93(79)96(90)94(80)92(78)95/h61-68,71-72H,9-60,69-70H2,1-8H3.